The van der Waals surface area contributed by atoms with Crippen molar-refractivity contribution in [3.8, 4) is 11.3 Å². The molecular weight excluding hydrogens is 257 g/mol. The van der Waals surface area contributed by atoms with Gasteiger partial charge in [-0.15, -0.1) is 0 Å². The van der Waals surface area contributed by atoms with Crippen molar-refractivity contribution < 1.29 is 18.0 Å². The van der Waals surface area contributed by atoms with E-state index in [1.54, 1.807) is 12.1 Å². The predicted molar refractivity (Wildman–Crippen MR) is 63.2 cm³/mol. The number of hydrogen-bond acceptors (Lipinski definition) is 2. The predicted octanol–water partition coefficient (Wildman–Crippen LogP) is 2.87. The summed E-state index contributed by atoms with van der Waals surface area (Å²) < 4.78 is 37.9. The van der Waals surface area contributed by atoms with E-state index in [0.29, 0.717) is 0 Å². The summed E-state index contributed by atoms with van der Waals surface area (Å²) in [6, 6.07) is 7.89. The lowest BCUT2D eigenvalue weighted by molar-refractivity contribution is -0.137. The van der Waals surface area contributed by atoms with E-state index in [0.717, 1.165) is 18.3 Å². The highest BCUT2D eigenvalue weighted by atomic mass is 19.4. The van der Waals surface area contributed by atoms with Gasteiger partial charge in [-0.05, 0) is 18.2 Å². The molecule has 0 saturated heterocycles. The minimum Gasteiger partial charge on any atom is -0.366 e. The highest BCUT2D eigenvalue weighted by molar-refractivity contribution is 5.99. The van der Waals surface area contributed by atoms with Gasteiger partial charge in [0.25, 0.3) is 0 Å². The monoisotopic (exact) mass is 266 g/mol. The van der Waals surface area contributed by atoms with Crippen molar-refractivity contribution in [3.63, 3.8) is 0 Å². The lowest BCUT2D eigenvalue weighted by Gasteiger charge is -2.09. The van der Waals surface area contributed by atoms with Crippen LogP contribution in [0.3, 0.4) is 0 Å². The van der Waals surface area contributed by atoms with Gasteiger partial charge in [0, 0.05) is 17.3 Å². The molecule has 0 aliphatic rings. The maximum atomic E-state index is 12.6. The molecule has 98 valence electrons. The molecule has 2 aromatic rings. The number of pyridine rings is 1. The van der Waals surface area contributed by atoms with Gasteiger partial charge in [-0.3, -0.25) is 9.78 Å². The second kappa shape index (κ2) is 4.72. The fourth-order valence-corrected chi connectivity index (χ4v) is 1.68. The van der Waals surface area contributed by atoms with Crippen molar-refractivity contribution in [1.82, 2.24) is 4.98 Å². The van der Waals surface area contributed by atoms with Crippen molar-refractivity contribution >= 4 is 5.91 Å². The zero-order valence-corrected chi connectivity index (χ0v) is 9.61. The molecule has 0 aliphatic carbocycles. The molecule has 1 aromatic heterocycles. The zero-order valence-electron chi connectivity index (χ0n) is 9.61. The molecule has 2 N–H and O–H groups in total. The largest absolute Gasteiger partial charge is 0.416 e. The van der Waals surface area contributed by atoms with Gasteiger partial charge in [-0.25, -0.2) is 0 Å². The van der Waals surface area contributed by atoms with E-state index in [9.17, 15) is 18.0 Å². The summed E-state index contributed by atoms with van der Waals surface area (Å²) in [4.78, 5) is 15.1. The van der Waals surface area contributed by atoms with E-state index in [4.69, 9.17) is 5.73 Å². The van der Waals surface area contributed by atoms with Crippen LogP contribution in [0.25, 0.3) is 11.3 Å². The maximum absolute atomic E-state index is 12.6. The summed E-state index contributed by atoms with van der Waals surface area (Å²) in [5.74, 6) is -0.713. The summed E-state index contributed by atoms with van der Waals surface area (Å²) in [5.41, 5.74) is 4.84. The van der Waals surface area contributed by atoms with Crippen molar-refractivity contribution in [3.05, 3.63) is 53.7 Å². The third-order valence-electron chi connectivity index (χ3n) is 2.56. The number of nitrogens with zero attached hydrogens (tertiary/aromatic N) is 1. The number of benzene rings is 1. The summed E-state index contributed by atoms with van der Waals surface area (Å²) in [7, 11) is 0. The zero-order chi connectivity index (χ0) is 14.0. The second-order valence-electron chi connectivity index (χ2n) is 3.84. The molecule has 0 spiro atoms. The molecular formula is C13H9F3N2O. The van der Waals surface area contributed by atoms with Crippen LogP contribution in [-0.2, 0) is 6.18 Å². The van der Waals surface area contributed by atoms with Gasteiger partial charge in [-0.1, -0.05) is 18.2 Å². The molecule has 1 amide bonds. The average Bonchev–Trinajstić information content (AvgIpc) is 2.38. The first-order chi connectivity index (χ1) is 8.89. The summed E-state index contributed by atoms with van der Waals surface area (Å²) in [6.07, 6.45) is -3.41. The fourth-order valence-electron chi connectivity index (χ4n) is 1.68. The van der Waals surface area contributed by atoms with Gasteiger partial charge in [0.05, 0.1) is 11.3 Å². The molecule has 0 fully saturated rings. The summed E-state index contributed by atoms with van der Waals surface area (Å²) >= 11 is 0. The molecule has 1 heterocycles. The van der Waals surface area contributed by atoms with E-state index < -0.39 is 17.6 Å². The normalized spacial score (nSPS) is 11.3. The van der Waals surface area contributed by atoms with Gasteiger partial charge in [-0.2, -0.15) is 13.2 Å². The molecule has 0 saturated carbocycles. The van der Waals surface area contributed by atoms with Crippen LogP contribution < -0.4 is 5.73 Å². The summed E-state index contributed by atoms with van der Waals surface area (Å²) in [6.45, 7) is 0. The van der Waals surface area contributed by atoms with Crippen LogP contribution >= 0.6 is 0 Å². The molecule has 0 atom stereocenters. The third-order valence-corrected chi connectivity index (χ3v) is 2.56. The highest BCUT2D eigenvalue weighted by Gasteiger charge is 2.31. The van der Waals surface area contributed by atoms with Crippen molar-refractivity contribution in [2.75, 3.05) is 0 Å². The Morgan fingerprint density at radius 1 is 1.16 bits per heavy atom. The fraction of sp³-hybridized carbons (Fsp3) is 0.0769. The molecule has 2 rings (SSSR count). The minimum atomic E-state index is -4.46. The number of rotatable bonds is 2. The highest BCUT2D eigenvalue weighted by Crippen LogP contribution is 2.31. The standard InChI is InChI=1S/C13H9F3N2O/c14-13(15,16)8-5-6-18-11(7-8)9-3-1-2-4-10(9)12(17)19/h1-7H,(H2,17,19). The number of amides is 1. The van der Waals surface area contributed by atoms with Crippen LogP contribution in [0, 0.1) is 0 Å². The average molecular weight is 266 g/mol. The quantitative estimate of drug-likeness (QED) is 0.908. The Bertz CT molecular complexity index is 623. The van der Waals surface area contributed by atoms with Crippen LogP contribution in [0.5, 0.6) is 0 Å². The van der Waals surface area contributed by atoms with Crippen molar-refractivity contribution in [2.24, 2.45) is 5.73 Å². The Hall–Kier alpha value is -2.37. The van der Waals surface area contributed by atoms with Gasteiger partial charge in [0.1, 0.15) is 0 Å². The molecule has 0 aliphatic heterocycles. The molecule has 1 aromatic carbocycles. The summed E-state index contributed by atoms with van der Waals surface area (Å²) in [5, 5.41) is 0. The first-order valence-corrected chi connectivity index (χ1v) is 5.32. The van der Waals surface area contributed by atoms with Gasteiger partial charge >= 0.3 is 6.18 Å². The lowest BCUT2D eigenvalue weighted by Crippen LogP contribution is -2.12. The second-order valence-corrected chi connectivity index (χ2v) is 3.84. The third kappa shape index (κ3) is 2.73. The number of carbonyl (C=O) groups excluding carboxylic acids is 1. The van der Waals surface area contributed by atoms with E-state index in [1.165, 1.54) is 12.1 Å². The lowest BCUT2D eigenvalue weighted by atomic mass is 10.0. The number of hydrogen-bond donors (Lipinski definition) is 1. The Morgan fingerprint density at radius 2 is 1.84 bits per heavy atom. The van der Waals surface area contributed by atoms with E-state index in [1.807, 2.05) is 0 Å². The first kappa shape index (κ1) is 13.1. The van der Waals surface area contributed by atoms with E-state index in [-0.39, 0.29) is 16.8 Å². The molecule has 0 bridgehead atoms. The van der Waals surface area contributed by atoms with E-state index in [2.05, 4.69) is 4.98 Å². The van der Waals surface area contributed by atoms with Crippen LogP contribution in [0.2, 0.25) is 0 Å². The van der Waals surface area contributed by atoms with Crippen molar-refractivity contribution in [2.45, 2.75) is 6.18 Å². The van der Waals surface area contributed by atoms with Crippen LogP contribution in [0.4, 0.5) is 13.2 Å². The van der Waals surface area contributed by atoms with Gasteiger partial charge in [0.15, 0.2) is 0 Å². The number of halogens is 3. The number of aromatic nitrogens is 1. The van der Waals surface area contributed by atoms with Crippen LogP contribution in [-0.4, -0.2) is 10.9 Å². The molecule has 19 heavy (non-hydrogen) atoms. The Morgan fingerprint density at radius 3 is 2.47 bits per heavy atom. The SMILES string of the molecule is NC(=O)c1ccccc1-c1cc(C(F)(F)F)ccn1. The number of nitrogens with two attached hydrogens (primary N) is 1. The Labute approximate surface area is 106 Å². The Balaban J connectivity index is 2.57. The number of primary amides is 1. The van der Waals surface area contributed by atoms with Crippen molar-refractivity contribution in [1.29, 1.82) is 0 Å². The Kier molecular flexibility index (Phi) is 3.25. The first-order valence-electron chi connectivity index (χ1n) is 5.32. The molecule has 0 radical (unpaired) electrons. The van der Waals surface area contributed by atoms with E-state index >= 15 is 0 Å². The maximum Gasteiger partial charge on any atom is 0.416 e. The number of carbonyl (C=O) groups is 1. The van der Waals surface area contributed by atoms with Crippen LogP contribution in [0.1, 0.15) is 15.9 Å². The van der Waals surface area contributed by atoms with Gasteiger partial charge < -0.3 is 5.73 Å². The molecule has 6 heteroatoms. The number of alkyl halides is 3. The smallest absolute Gasteiger partial charge is 0.366 e. The topological polar surface area (TPSA) is 56.0 Å². The minimum absolute atomic E-state index is 0.0595. The van der Waals surface area contributed by atoms with Crippen LogP contribution in [0.15, 0.2) is 42.6 Å². The molecule has 3 nitrogen and oxygen atoms in total. The molecule has 0 unspecified atom stereocenters. The van der Waals surface area contributed by atoms with Gasteiger partial charge in [0.2, 0.25) is 5.91 Å².